The van der Waals surface area contributed by atoms with E-state index >= 15 is 0 Å². The minimum Gasteiger partial charge on any atom is -0.472 e. The molecule has 6 heteroatoms. The van der Waals surface area contributed by atoms with Crippen molar-refractivity contribution in [3.63, 3.8) is 0 Å². The van der Waals surface area contributed by atoms with Crippen molar-refractivity contribution < 1.29 is 4.74 Å². The first-order valence-corrected chi connectivity index (χ1v) is 5.94. The van der Waals surface area contributed by atoms with Crippen LogP contribution in [0.5, 0.6) is 5.88 Å². The molecule has 4 nitrogen and oxygen atoms in total. The summed E-state index contributed by atoms with van der Waals surface area (Å²) in [5.74, 6) is 0.135. The molecule has 0 unspecified atom stereocenters. The minimum atomic E-state index is -0.411. The summed E-state index contributed by atoms with van der Waals surface area (Å²) in [6.07, 6.45) is 1.25. The van der Waals surface area contributed by atoms with E-state index in [1.807, 2.05) is 24.3 Å². The molecule has 0 radical (unpaired) electrons. The van der Waals surface area contributed by atoms with E-state index in [0.29, 0.717) is 6.61 Å². The molecule has 0 atom stereocenters. The minimum absolute atomic E-state index is 0.0394. The predicted molar refractivity (Wildman–Crippen MR) is 68.3 cm³/mol. The van der Waals surface area contributed by atoms with Crippen molar-refractivity contribution in [2.75, 3.05) is 0 Å². The van der Waals surface area contributed by atoms with Crippen LogP contribution in [0.25, 0.3) is 0 Å². The molecule has 0 aliphatic carbocycles. The zero-order valence-electron chi connectivity index (χ0n) is 8.61. The van der Waals surface area contributed by atoms with E-state index in [1.54, 1.807) is 0 Å². The molecular weight excluding hydrogens is 307 g/mol. The number of nitrogens with one attached hydrogen (secondary N) is 1. The molecule has 2 rings (SSSR count). The van der Waals surface area contributed by atoms with Gasteiger partial charge in [0.05, 0.1) is 6.33 Å². The number of nitrogens with zero attached hydrogens (tertiary/aromatic N) is 1. The fourth-order valence-corrected chi connectivity index (χ4v) is 1.85. The molecule has 0 fully saturated rings. The lowest BCUT2D eigenvalue weighted by molar-refractivity contribution is 0.293. The molecule has 0 saturated heterocycles. The molecule has 1 heterocycles. The van der Waals surface area contributed by atoms with Crippen LogP contribution < -0.4 is 10.3 Å². The van der Waals surface area contributed by atoms with E-state index in [-0.39, 0.29) is 10.9 Å². The Balaban J connectivity index is 2.13. The number of hydrogen-bond donors (Lipinski definition) is 1. The van der Waals surface area contributed by atoms with Gasteiger partial charge >= 0.3 is 0 Å². The summed E-state index contributed by atoms with van der Waals surface area (Å²) in [6.45, 7) is 0.301. The summed E-state index contributed by atoms with van der Waals surface area (Å²) >= 11 is 9.11. The molecule has 1 N–H and O–H groups in total. The van der Waals surface area contributed by atoms with Crippen molar-refractivity contribution in [2.24, 2.45) is 0 Å². The van der Waals surface area contributed by atoms with E-state index in [1.165, 1.54) is 6.33 Å². The van der Waals surface area contributed by atoms with Gasteiger partial charge in [-0.05, 0) is 17.7 Å². The molecule has 88 valence electrons. The molecule has 0 amide bonds. The highest BCUT2D eigenvalue weighted by molar-refractivity contribution is 9.10. The fourth-order valence-electron chi connectivity index (χ4n) is 1.25. The first kappa shape index (κ1) is 12.1. The number of H-pyrrole nitrogens is 1. The molecule has 0 aliphatic heterocycles. The van der Waals surface area contributed by atoms with Crippen LogP contribution in [0, 0.1) is 0 Å². The zero-order valence-corrected chi connectivity index (χ0v) is 11.0. The Morgan fingerprint density at radius 3 is 3.06 bits per heavy atom. The van der Waals surface area contributed by atoms with Gasteiger partial charge in [-0.2, -0.15) is 0 Å². The van der Waals surface area contributed by atoms with E-state index in [9.17, 15) is 4.79 Å². The van der Waals surface area contributed by atoms with Crippen molar-refractivity contribution in [2.45, 2.75) is 6.61 Å². The Kier molecular flexibility index (Phi) is 3.81. The molecule has 2 aromatic rings. The summed E-state index contributed by atoms with van der Waals surface area (Å²) in [5.41, 5.74) is 0.545. The second-order valence-electron chi connectivity index (χ2n) is 3.27. The van der Waals surface area contributed by atoms with E-state index in [2.05, 4.69) is 25.9 Å². The Bertz CT molecular complexity index is 586. The first-order valence-electron chi connectivity index (χ1n) is 4.77. The number of aromatic amines is 1. The maximum absolute atomic E-state index is 11.2. The van der Waals surface area contributed by atoms with E-state index < -0.39 is 5.56 Å². The molecule has 0 spiro atoms. The lowest BCUT2D eigenvalue weighted by atomic mass is 10.2. The largest absolute Gasteiger partial charge is 0.472 e. The molecule has 1 aromatic carbocycles. The maximum Gasteiger partial charge on any atom is 0.273 e. The highest BCUT2D eigenvalue weighted by atomic mass is 79.9. The van der Waals surface area contributed by atoms with Crippen molar-refractivity contribution in [3.8, 4) is 5.88 Å². The number of hydrogen-bond acceptors (Lipinski definition) is 3. The molecule has 1 aromatic heterocycles. The lowest BCUT2D eigenvalue weighted by Gasteiger charge is -2.06. The van der Waals surface area contributed by atoms with Gasteiger partial charge in [0.2, 0.25) is 5.88 Å². The van der Waals surface area contributed by atoms with Gasteiger partial charge in [-0.15, -0.1) is 0 Å². The number of halogens is 2. The summed E-state index contributed by atoms with van der Waals surface area (Å²) in [4.78, 5) is 17.4. The third kappa shape index (κ3) is 3.08. The lowest BCUT2D eigenvalue weighted by Crippen LogP contribution is -2.09. The Morgan fingerprint density at radius 2 is 2.29 bits per heavy atom. The topological polar surface area (TPSA) is 55.0 Å². The van der Waals surface area contributed by atoms with Crippen molar-refractivity contribution >= 4 is 27.5 Å². The fraction of sp³-hybridized carbons (Fsp3) is 0.0909. The third-order valence-electron chi connectivity index (χ3n) is 2.03. The molecule has 0 bridgehead atoms. The van der Waals surface area contributed by atoms with Crippen LogP contribution in [0.1, 0.15) is 5.56 Å². The molecule has 0 aliphatic rings. The third-order valence-corrected chi connectivity index (χ3v) is 2.86. The van der Waals surface area contributed by atoms with Gasteiger partial charge in [0.25, 0.3) is 5.56 Å². The van der Waals surface area contributed by atoms with E-state index in [4.69, 9.17) is 16.3 Å². The van der Waals surface area contributed by atoms with Crippen molar-refractivity contribution in [1.82, 2.24) is 9.97 Å². The summed E-state index contributed by atoms with van der Waals surface area (Å²) < 4.78 is 6.34. The Morgan fingerprint density at radius 1 is 1.47 bits per heavy atom. The van der Waals surface area contributed by atoms with Gasteiger partial charge in [0, 0.05) is 4.47 Å². The summed E-state index contributed by atoms with van der Waals surface area (Å²) in [7, 11) is 0. The van der Waals surface area contributed by atoms with Crippen LogP contribution in [0.4, 0.5) is 0 Å². The highest BCUT2D eigenvalue weighted by Gasteiger charge is 2.07. The average molecular weight is 316 g/mol. The van der Waals surface area contributed by atoms with Gasteiger partial charge < -0.3 is 9.72 Å². The van der Waals surface area contributed by atoms with Gasteiger partial charge in [-0.3, -0.25) is 4.79 Å². The zero-order chi connectivity index (χ0) is 12.3. The quantitative estimate of drug-likeness (QED) is 0.947. The SMILES string of the molecule is O=c1[nH]cnc(OCc2cccc(Br)c2)c1Cl. The van der Waals surface area contributed by atoms with Crippen molar-refractivity contribution in [3.05, 3.63) is 56.0 Å². The maximum atomic E-state index is 11.2. The van der Waals surface area contributed by atoms with Gasteiger partial charge in [-0.1, -0.05) is 39.7 Å². The monoisotopic (exact) mass is 314 g/mol. The second-order valence-corrected chi connectivity index (χ2v) is 4.56. The smallest absolute Gasteiger partial charge is 0.273 e. The van der Waals surface area contributed by atoms with E-state index in [0.717, 1.165) is 10.0 Å². The Labute approximate surface area is 111 Å². The van der Waals surface area contributed by atoms with Crippen LogP contribution in [-0.4, -0.2) is 9.97 Å². The number of aromatic nitrogens is 2. The average Bonchev–Trinajstić information content (AvgIpc) is 2.31. The van der Waals surface area contributed by atoms with Crippen LogP contribution in [0.15, 0.2) is 39.9 Å². The molecular formula is C11H8BrClN2O2. The molecule has 17 heavy (non-hydrogen) atoms. The number of ether oxygens (including phenoxy) is 1. The summed E-state index contributed by atoms with van der Waals surface area (Å²) in [5, 5.41) is -0.0394. The second kappa shape index (κ2) is 5.33. The number of benzene rings is 1. The van der Waals surface area contributed by atoms with Crippen LogP contribution >= 0.6 is 27.5 Å². The normalized spacial score (nSPS) is 10.2. The van der Waals surface area contributed by atoms with Gasteiger partial charge in [0.1, 0.15) is 6.61 Å². The Hall–Kier alpha value is -1.33. The van der Waals surface area contributed by atoms with Gasteiger partial charge in [-0.25, -0.2) is 4.98 Å². The molecule has 0 saturated carbocycles. The van der Waals surface area contributed by atoms with Crippen LogP contribution in [0.3, 0.4) is 0 Å². The van der Waals surface area contributed by atoms with Crippen molar-refractivity contribution in [1.29, 1.82) is 0 Å². The summed E-state index contributed by atoms with van der Waals surface area (Å²) in [6, 6.07) is 7.64. The predicted octanol–water partition coefficient (Wildman–Crippen LogP) is 2.76. The first-order chi connectivity index (χ1) is 8.16. The highest BCUT2D eigenvalue weighted by Crippen LogP contribution is 2.18. The van der Waals surface area contributed by atoms with Gasteiger partial charge in [0.15, 0.2) is 5.02 Å². The standard InChI is InChI=1S/C11H8BrClN2O2/c12-8-3-1-2-7(4-8)5-17-11-9(13)10(16)14-6-15-11/h1-4,6H,5H2,(H,14,15,16). The number of rotatable bonds is 3. The van der Waals surface area contributed by atoms with Crippen LogP contribution in [-0.2, 0) is 6.61 Å². The van der Waals surface area contributed by atoms with Crippen LogP contribution in [0.2, 0.25) is 5.02 Å².